The van der Waals surface area contributed by atoms with Crippen molar-refractivity contribution >= 4 is 28.9 Å². The predicted octanol–water partition coefficient (Wildman–Crippen LogP) is 1.72. The molecule has 0 aromatic carbocycles. The van der Waals surface area contributed by atoms with Gasteiger partial charge in [-0.15, -0.1) is 5.10 Å². The summed E-state index contributed by atoms with van der Waals surface area (Å²) in [6.07, 6.45) is 11.7. The van der Waals surface area contributed by atoms with Gasteiger partial charge in [0.05, 0.1) is 36.3 Å². The first-order chi connectivity index (χ1) is 19.5. The first-order valence-electron chi connectivity index (χ1n) is 13.7. The molecule has 4 aromatic rings. The predicted molar refractivity (Wildman–Crippen MR) is 149 cm³/mol. The molecule has 4 aromatic heterocycles. The summed E-state index contributed by atoms with van der Waals surface area (Å²) in [7, 11) is 2.07. The van der Waals surface area contributed by atoms with Crippen LogP contribution in [-0.4, -0.2) is 96.2 Å². The number of nitrogens with one attached hydrogen (secondary N) is 1. The van der Waals surface area contributed by atoms with Crippen molar-refractivity contribution in [3.05, 3.63) is 48.7 Å². The summed E-state index contributed by atoms with van der Waals surface area (Å²) >= 11 is 0. The number of hydrogen-bond donors (Lipinski definition) is 1. The molecule has 1 N–H and O–H groups in total. The van der Waals surface area contributed by atoms with E-state index in [1.807, 2.05) is 34.1 Å². The van der Waals surface area contributed by atoms with Gasteiger partial charge in [-0.3, -0.25) is 14.2 Å². The number of fused-ring (bicyclic) bond motifs is 1. The van der Waals surface area contributed by atoms with Crippen LogP contribution < -0.4 is 10.2 Å². The van der Waals surface area contributed by atoms with Crippen LogP contribution in [0.15, 0.2) is 43.1 Å². The third kappa shape index (κ3) is 4.98. The average Bonchev–Trinajstić information content (AvgIpc) is 3.67. The molecule has 0 atom stereocenters. The van der Waals surface area contributed by atoms with Gasteiger partial charge in [0, 0.05) is 57.9 Å². The number of nitriles is 1. The molecule has 1 amide bonds. The van der Waals surface area contributed by atoms with Gasteiger partial charge in [0.1, 0.15) is 12.1 Å². The van der Waals surface area contributed by atoms with Crippen molar-refractivity contribution in [2.45, 2.75) is 38.3 Å². The highest BCUT2D eigenvalue weighted by atomic mass is 16.2. The lowest BCUT2D eigenvalue weighted by molar-refractivity contribution is -0.133. The van der Waals surface area contributed by atoms with Crippen LogP contribution in [0.3, 0.4) is 0 Å². The van der Waals surface area contributed by atoms with E-state index in [1.54, 1.807) is 21.6 Å². The standard InChI is InChI=1S/C27H34N12O/c1-3-5-21-14-30-39(16-21)27(7-8-28)19-36(20-27)23-6-4-9-38-25(23)32-26(33-38)31-22-15-29-37(17-22)18-24(40)35-12-10-34(2)11-13-35/h4,6,9,14-17H,3,5,7,10-13,18-20H2,1-2H3,(H,31,33). The highest BCUT2D eigenvalue weighted by Crippen LogP contribution is 2.37. The summed E-state index contributed by atoms with van der Waals surface area (Å²) in [5.41, 5.74) is 3.22. The van der Waals surface area contributed by atoms with Crippen molar-refractivity contribution in [1.82, 2.24) is 44.0 Å². The molecule has 0 aliphatic carbocycles. The monoisotopic (exact) mass is 542 g/mol. The van der Waals surface area contributed by atoms with Gasteiger partial charge in [-0.2, -0.15) is 20.4 Å². The minimum Gasteiger partial charge on any atom is -0.363 e. The number of amides is 1. The van der Waals surface area contributed by atoms with E-state index < -0.39 is 0 Å². The Morgan fingerprint density at radius 1 is 1.15 bits per heavy atom. The van der Waals surface area contributed by atoms with Gasteiger partial charge in [0.15, 0.2) is 5.65 Å². The van der Waals surface area contributed by atoms with E-state index in [0.717, 1.165) is 50.4 Å². The lowest BCUT2D eigenvalue weighted by Crippen LogP contribution is -2.63. The second kappa shape index (κ2) is 10.6. The first kappa shape index (κ1) is 25.8. The van der Waals surface area contributed by atoms with Crippen molar-refractivity contribution in [3.8, 4) is 6.07 Å². The Balaban J connectivity index is 1.14. The van der Waals surface area contributed by atoms with E-state index in [1.165, 1.54) is 5.56 Å². The third-order valence-corrected chi connectivity index (χ3v) is 7.76. The third-order valence-electron chi connectivity index (χ3n) is 7.76. The van der Waals surface area contributed by atoms with Crippen LogP contribution in [0.2, 0.25) is 0 Å². The van der Waals surface area contributed by atoms with E-state index in [9.17, 15) is 10.1 Å². The number of anilines is 3. The van der Waals surface area contributed by atoms with Crippen molar-refractivity contribution < 1.29 is 4.79 Å². The molecule has 13 nitrogen and oxygen atoms in total. The van der Waals surface area contributed by atoms with Crippen LogP contribution in [0.4, 0.5) is 17.3 Å². The van der Waals surface area contributed by atoms with Gasteiger partial charge < -0.3 is 20.0 Å². The summed E-state index contributed by atoms with van der Waals surface area (Å²) < 4.78 is 5.36. The Morgan fingerprint density at radius 3 is 2.75 bits per heavy atom. The number of piperazine rings is 1. The number of nitrogens with zero attached hydrogens (tertiary/aromatic N) is 11. The second-order valence-electron chi connectivity index (χ2n) is 10.8. The first-order valence-corrected chi connectivity index (χ1v) is 13.7. The molecule has 0 radical (unpaired) electrons. The molecule has 6 rings (SSSR count). The van der Waals surface area contributed by atoms with Gasteiger partial charge in [-0.25, -0.2) is 4.52 Å². The van der Waals surface area contributed by atoms with Gasteiger partial charge in [-0.1, -0.05) is 13.3 Å². The van der Waals surface area contributed by atoms with Gasteiger partial charge in [0.25, 0.3) is 0 Å². The topological polar surface area (TPSA) is 128 Å². The Morgan fingerprint density at radius 2 is 1.98 bits per heavy atom. The highest BCUT2D eigenvalue weighted by molar-refractivity contribution is 5.76. The zero-order valence-corrected chi connectivity index (χ0v) is 22.9. The quantitative estimate of drug-likeness (QED) is 0.336. The van der Waals surface area contributed by atoms with Crippen molar-refractivity contribution in [2.75, 3.05) is 56.5 Å². The van der Waals surface area contributed by atoms with Crippen LogP contribution in [0.1, 0.15) is 25.3 Å². The fraction of sp³-hybridized carbons (Fsp3) is 0.481. The molecule has 208 valence electrons. The number of carbonyl (C=O) groups excluding carboxylic acids is 1. The van der Waals surface area contributed by atoms with Crippen molar-refractivity contribution in [2.24, 2.45) is 0 Å². The molecule has 40 heavy (non-hydrogen) atoms. The minimum absolute atomic E-state index is 0.0666. The van der Waals surface area contributed by atoms with Gasteiger partial charge in [0.2, 0.25) is 11.9 Å². The molecule has 0 saturated carbocycles. The maximum absolute atomic E-state index is 12.7. The number of hydrogen-bond acceptors (Lipinski definition) is 9. The number of carbonyl (C=O) groups is 1. The van der Waals surface area contributed by atoms with E-state index in [0.29, 0.717) is 31.1 Å². The maximum Gasteiger partial charge on any atom is 0.247 e. The van der Waals surface area contributed by atoms with Crippen LogP contribution in [0.5, 0.6) is 0 Å². The summed E-state index contributed by atoms with van der Waals surface area (Å²) in [6.45, 7) is 6.94. The summed E-state index contributed by atoms with van der Waals surface area (Å²) in [4.78, 5) is 23.7. The number of likely N-dealkylation sites (N-methyl/N-ethyl adjacent to an activating group) is 1. The second-order valence-corrected chi connectivity index (χ2v) is 10.8. The van der Waals surface area contributed by atoms with Crippen molar-refractivity contribution in [1.29, 1.82) is 5.26 Å². The molecule has 2 saturated heterocycles. The molecule has 2 aliphatic rings. The molecular weight excluding hydrogens is 508 g/mol. The zero-order valence-electron chi connectivity index (χ0n) is 22.9. The summed E-state index contributed by atoms with van der Waals surface area (Å²) in [5, 5.41) is 26.3. The molecule has 6 heterocycles. The largest absolute Gasteiger partial charge is 0.363 e. The molecule has 2 fully saturated rings. The Labute approximate surface area is 232 Å². The highest BCUT2D eigenvalue weighted by Gasteiger charge is 2.46. The fourth-order valence-corrected chi connectivity index (χ4v) is 5.49. The number of aromatic nitrogens is 7. The molecule has 13 heteroatoms. The molecule has 0 unspecified atom stereocenters. The maximum atomic E-state index is 12.7. The van der Waals surface area contributed by atoms with Crippen LogP contribution in [0, 0.1) is 11.3 Å². The fourth-order valence-electron chi connectivity index (χ4n) is 5.49. The molecule has 0 spiro atoms. The summed E-state index contributed by atoms with van der Waals surface area (Å²) in [6, 6.07) is 6.33. The smallest absolute Gasteiger partial charge is 0.247 e. The van der Waals surface area contributed by atoms with Crippen LogP contribution in [0.25, 0.3) is 5.65 Å². The normalized spacial score (nSPS) is 17.1. The SMILES string of the molecule is CCCc1cnn(C2(CC#N)CN(c3cccn4nc(Nc5cnn(CC(=O)N6CCN(C)CC6)c5)nc34)C2)c1. The lowest BCUT2D eigenvalue weighted by Gasteiger charge is -2.50. The van der Waals surface area contributed by atoms with Gasteiger partial charge in [-0.05, 0) is 31.2 Å². The molecular formula is C27H34N12O. The zero-order chi connectivity index (χ0) is 27.7. The Bertz CT molecular complexity index is 1530. The van der Waals surface area contributed by atoms with Crippen molar-refractivity contribution in [3.63, 3.8) is 0 Å². The van der Waals surface area contributed by atoms with Crippen LogP contribution >= 0.6 is 0 Å². The number of rotatable bonds is 9. The van der Waals surface area contributed by atoms with E-state index >= 15 is 0 Å². The Kier molecular flexibility index (Phi) is 6.85. The summed E-state index contributed by atoms with van der Waals surface area (Å²) in [5.74, 6) is 0.509. The Hall–Kier alpha value is -4.44. The van der Waals surface area contributed by atoms with Crippen LogP contribution in [-0.2, 0) is 23.3 Å². The van der Waals surface area contributed by atoms with E-state index in [2.05, 4.69) is 56.7 Å². The minimum atomic E-state index is -0.356. The number of aryl methyl sites for hydroxylation is 1. The average molecular weight is 543 g/mol. The lowest BCUT2D eigenvalue weighted by atomic mass is 9.86. The number of pyridine rings is 1. The van der Waals surface area contributed by atoms with E-state index in [-0.39, 0.29) is 18.0 Å². The molecule has 0 bridgehead atoms. The van der Waals surface area contributed by atoms with E-state index in [4.69, 9.17) is 4.98 Å². The van der Waals surface area contributed by atoms with Gasteiger partial charge >= 0.3 is 0 Å². The molecule has 2 aliphatic heterocycles.